The van der Waals surface area contributed by atoms with E-state index >= 15 is 0 Å². The molecule has 0 saturated carbocycles. The molecule has 0 aromatic heterocycles. The van der Waals surface area contributed by atoms with Crippen LogP contribution in [0.3, 0.4) is 0 Å². The molecule has 0 spiro atoms. The summed E-state index contributed by atoms with van der Waals surface area (Å²) in [6, 6.07) is 3.43. The first kappa shape index (κ1) is 15.6. The molecular weight excluding hydrogens is 269 g/mol. The normalized spacial score (nSPS) is 11.1. The maximum absolute atomic E-state index is 13.5. The molecule has 0 saturated heterocycles. The van der Waals surface area contributed by atoms with Crippen LogP contribution in [0, 0.1) is 15.9 Å². The van der Waals surface area contributed by atoms with Crippen molar-refractivity contribution in [3.63, 3.8) is 0 Å². The van der Waals surface area contributed by atoms with Gasteiger partial charge in [-0.3, -0.25) is 10.1 Å². The van der Waals surface area contributed by atoms with Gasteiger partial charge in [-0.05, 0) is 18.6 Å². The van der Waals surface area contributed by atoms with Gasteiger partial charge >= 0.3 is 11.7 Å². The SMILES string of the molecule is CC/C(=C/COc1c(F)cccc1[N+](=O)[O-])C(=O)OC. The topological polar surface area (TPSA) is 78.7 Å². The highest BCUT2D eigenvalue weighted by atomic mass is 19.1. The number of methoxy groups -OCH3 is 1. The molecule has 108 valence electrons. The van der Waals surface area contributed by atoms with Crippen LogP contribution >= 0.6 is 0 Å². The van der Waals surface area contributed by atoms with E-state index in [-0.39, 0.29) is 6.61 Å². The van der Waals surface area contributed by atoms with E-state index in [1.807, 2.05) is 0 Å². The number of nitro groups is 1. The molecule has 0 heterocycles. The molecule has 7 heteroatoms. The lowest BCUT2D eigenvalue weighted by molar-refractivity contribution is -0.386. The number of halogens is 1. The van der Waals surface area contributed by atoms with Crippen molar-refractivity contribution in [3.8, 4) is 5.75 Å². The van der Waals surface area contributed by atoms with E-state index in [0.717, 1.165) is 12.1 Å². The van der Waals surface area contributed by atoms with Crippen molar-refractivity contribution in [2.75, 3.05) is 13.7 Å². The van der Waals surface area contributed by atoms with Crippen LogP contribution in [-0.4, -0.2) is 24.6 Å². The number of esters is 1. The number of carbonyl (C=O) groups is 1. The number of nitrogens with zero attached hydrogens (tertiary/aromatic N) is 1. The minimum Gasteiger partial charge on any atom is -0.481 e. The number of hydrogen-bond acceptors (Lipinski definition) is 5. The second-order valence-electron chi connectivity index (χ2n) is 3.73. The molecule has 0 N–H and O–H groups in total. The Kier molecular flexibility index (Phi) is 5.64. The van der Waals surface area contributed by atoms with Gasteiger partial charge in [-0.2, -0.15) is 0 Å². The van der Waals surface area contributed by atoms with E-state index in [2.05, 4.69) is 4.74 Å². The molecule has 0 fully saturated rings. The fraction of sp³-hybridized carbons (Fsp3) is 0.308. The summed E-state index contributed by atoms with van der Waals surface area (Å²) in [6.07, 6.45) is 1.82. The molecule has 6 nitrogen and oxygen atoms in total. The maximum Gasteiger partial charge on any atom is 0.333 e. The lowest BCUT2D eigenvalue weighted by Gasteiger charge is -2.06. The fourth-order valence-electron chi connectivity index (χ4n) is 1.51. The van der Waals surface area contributed by atoms with Crippen molar-refractivity contribution in [1.29, 1.82) is 0 Å². The van der Waals surface area contributed by atoms with Gasteiger partial charge in [-0.1, -0.05) is 13.0 Å². The van der Waals surface area contributed by atoms with E-state index in [9.17, 15) is 19.3 Å². The van der Waals surface area contributed by atoms with Gasteiger partial charge in [-0.25, -0.2) is 9.18 Å². The molecule has 0 aliphatic rings. The van der Waals surface area contributed by atoms with Crippen LogP contribution in [0.15, 0.2) is 29.8 Å². The van der Waals surface area contributed by atoms with Gasteiger partial charge in [0, 0.05) is 11.6 Å². The molecule has 0 aliphatic carbocycles. The van der Waals surface area contributed by atoms with Gasteiger partial charge in [0.05, 0.1) is 12.0 Å². The monoisotopic (exact) mass is 283 g/mol. The third-order valence-corrected chi connectivity index (χ3v) is 2.53. The van der Waals surface area contributed by atoms with E-state index in [1.165, 1.54) is 19.3 Å². The van der Waals surface area contributed by atoms with Crippen LogP contribution in [0.25, 0.3) is 0 Å². The van der Waals surface area contributed by atoms with Crippen molar-refractivity contribution >= 4 is 11.7 Å². The van der Waals surface area contributed by atoms with E-state index in [1.54, 1.807) is 6.92 Å². The van der Waals surface area contributed by atoms with Crippen molar-refractivity contribution in [2.24, 2.45) is 0 Å². The lowest BCUT2D eigenvalue weighted by Crippen LogP contribution is -2.07. The second-order valence-corrected chi connectivity index (χ2v) is 3.73. The standard InChI is InChI=1S/C13H14FNO5/c1-3-9(13(16)19-2)7-8-20-12-10(14)5-4-6-11(12)15(17)18/h4-7H,3,8H2,1-2H3/b9-7-. The molecule has 20 heavy (non-hydrogen) atoms. The lowest BCUT2D eigenvalue weighted by atomic mass is 10.2. The minimum absolute atomic E-state index is 0.167. The molecule has 0 amide bonds. The zero-order valence-corrected chi connectivity index (χ0v) is 11.1. The first-order chi connectivity index (χ1) is 9.51. The Bertz CT molecular complexity index is 542. The number of ether oxygens (including phenoxy) is 2. The van der Waals surface area contributed by atoms with E-state index in [0.29, 0.717) is 12.0 Å². The smallest absolute Gasteiger partial charge is 0.333 e. The summed E-state index contributed by atoms with van der Waals surface area (Å²) in [7, 11) is 1.24. The first-order valence-corrected chi connectivity index (χ1v) is 5.84. The Labute approximate surface area is 115 Å². The van der Waals surface area contributed by atoms with Gasteiger partial charge in [0.25, 0.3) is 0 Å². The zero-order valence-electron chi connectivity index (χ0n) is 11.1. The number of carbonyl (C=O) groups excluding carboxylic acids is 1. The summed E-state index contributed by atoms with van der Waals surface area (Å²) >= 11 is 0. The van der Waals surface area contributed by atoms with Crippen molar-refractivity contribution in [3.05, 3.63) is 45.8 Å². The molecule has 0 bridgehead atoms. The number of rotatable bonds is 6. The van der Waals surface area contributed by atoms with Gasteiger partial charge in [0.2, 0.25) is 5.75 Å². The highest BCUT2D eigenvalue weighted by Crippen LogP contribution is 2.29. The van der Waals surface area contributed by atoms with Gasteiger partial charge < -0.3 is 9.47 Å². The molecule has 1 aromatic carbocycles. The Morgan fingerprint density at radius 1 is 1.50 bits per heavy atom. The summed E-state index contributed by atoms with van der Waals surface area (Å²) in [5, 5.41) is 10.8. The third kappa shape index (κ3) is 3.78. The molecule has 1 aromatic rings. The average molecular weight is 283 g/mol. The molecule has 0 radical (unpaired) electrons. The highest BCUT2D eigenvalue weighted by Gasteiger charge is 2.19. The molecular formula is C13H14FNO5. The Morgan fingerprint density at radius 2 is 2.20 bits per heavy atom. The van der Waals surface area contributed by atoms with Crippen LogP contribution < -0.4 is 4.74 Å². The fourth-order valence-corrected chi connectivity index (χ4v) is 1.51. The Balaban J connectivity index is 2.87. The summed E-state index contributed by atoms with van der Waals surface area (Å²) in [5.74, 6) is -1.79. The predicted octanol–water partition coefficient (Wildman–Crippen LogP) is 2.62. The summed E-state index contributed by atoms with van der Waals surface area (Å²) in [5.41, 5.74) is -0.110. The maximum atomic E-state index is 13.5. The van der Waals surface area contributed by atoms with Crippen LogP contribution in [0.4, 0.5) is 10.1 Å². The molecule has 0 unspecified atom stereocenters. The molecule has 1 rings (SSSR count). The minimum atomic E-state index is -0.830. The predicted molar refractivity (Wildman–Crippen MR) is 68.9 cm³/mol. The van der Waals surface area contributed by atoms with Gasteiger partial charge in [-0.15, -0.1) is 0 Å². The Hall–Kier alpha value is -2.44. The van der Waals surface area contributed by atoms with Crippen molar-refractivity contribution < 1.29 is 23.6 Å². The number of benzene rings is 1. The quantitative estimate of drug-likeness (QED) is 0.347. The summed E-state index contributed by atoms with van der Waals surface area (Å²) in [4.78, 5) is 21.3. The van der Waals surface area contributed by atoms with Gasteiger partial charge in [0.1, 0.15) is 6.61 Å². The number of hydrogen-bond donors (Lipinski definition) is 0. The number of nitro benzene ring substituents is 1. The summed E-state index contributed by atoms with van der Waals surface area (Å²) < 4.78 is 23.1. The Morgan fingerprint density at radius 3 is 2.75 bits per heavy atom. The zero-order chi connectivity index (χ0) is 15.1. The van der Waals surface area contributed by atoms with Gasteiger partial charge in [0.15, 0.2) is 5.82 Å². The van der Waals surface area contributed by atoms with Crippen LogP contribution in [0.2, 0.25) is 0 Å². The first-order valence-electron chi connectivity index (χ1n) is 5.84. The van der Waals surface area contributed by atoms with Crippen LogP contribution in [0.1, 0.15) is 13.3 Å². The summed E-state index contributed by atoms with van der Waals surface area (Å²) in [6.45, 7) is 1.58. The molecule has 0 aliphatic heterocycles. The van der Waals surface area contributed by atoms with E-state index < -0.39 is 28.1 Å². The van der Waals surface area contributed by atoms with Crippen molar-refractivity contribution in [2.45, 2.75) is 13.3 Å². The third-order valence-electron chi connectivity index (χ3n) is 2.53. The largest absolute Gasteiger partial charge is 0.481 e. The average Bonchev–Trinajstić information content (AvgIpc) is 2.43. The van der Waals surface area contributed by atoms with E-state index in [4.69, 9.17) is 4.74 Å². The number of para-hydroxylation sites is 1. The molecule has 0 atom stereocenters. The van der Waals surface area contributed by atoms with Crippen LogP contribution in [0.5, 0.6) is 5.75 Å². The highest BCUT2D eigenvalue weighted by molar-refractivity contribution is 5.88. The second kappa shape index (κ2) is 7.22. The van der Waals surface area contributed by atoms with Crippen molar-refractivity contribution in [1.82, 2.24) is 0 Å². The van der Waals surface area contributed by atoms with Crippen LogP contribution in [-0.2, 0) is 9.53 Å².